The van der Waals surface area contributed by atoms with E-state index in [0.717, 1.165) is 5.56 Å². The van der Waals surface area contributed by atoms with Crippen LogP contribution in [0.1, 0.15) is 43.5 Å². The monoisotopic (exact) mass is 591 g/mol. The highest BCUT2D eigenvalue weighted by atomic mass is 16.6. The van der Waals surface area contributed by atoms with Crippen molar-refractivity contribution < 1.29 is 33.7 Å². The molecule has 0 bridgehead atoms. The van der Waals surface area contributed by atoms with E-state index in [-0.39, 0.29) is 5.84 Å². The number of nitrogens with one attached hydrogen (secondary N) is 4. The van der Waals surface area contributed by atoms with Crippen LogP contribution >= 0.6 is 0 Å². The molecule has 0 aromatic heterocycles. The van der Waals surface area contributed by atoms with Gasteiger partial charge < -0.3 is 41.0 Å². The number of nitrogen functional groups attached to an aromatic ring is 1. The maximum Gasteiger partial charge on any atom is 0.407 e. The second-order valence-electron chi connectivity index (χ2n) is 10.5. The summed E-state index contributed by atoms with van der Waals surface area (Å²) < 4.78 is 16.6. The molecule has 7 N–H and O–H groups in total. The summed E-state index contributed by atoms with van der Waals surface area (Å²) in [6.45, 7) is 4.91. The van der Waals surface area contributed by atoms with Gasteiger partial charge in [0, 0.05) is 11.3 Å². The maximum absolute atomic E-state index is 13.6. The number of hydrogen-bond donors (Lipinski definition) is 6. The quantitative estimate of drug-likeness (QED) is 0.127. The average Bonchev–Trinajstić information content (AvgIpc) is 2.96. The number of carbonyl (C=O) groups excluding carboxylic acids is 2. The van der Waals surface area contributed by atoms with Crippen LogP contribution in [0.3, 0.4) is 0 Å². The number of hydrogen-bond acceptors (Lipinski definition) is 8. The van der Waals surface area contributed by atoms with Crippen molar-refractivity contribution in [3.63, 3.8) is 0 Å². The molecular weight excluding hydrogens is 554 g/mol. The third-order valence-electron chi connectivity index (χ3n) is 5.99. The van der Waals surface area contributed by atoms with Crippen LogP contribution in [0.2, 0.25) is 0 Å². The predicted molar refractivity (Wildman–Crippen MR) is 161 cm³/mol. The number of nitrogens with two attached hydrogens (primary N) is 1. The summed E-state index contributed by atoms with van der Waals surface area (Å²) in [6, 6.07) is 18.5. The second-order valence-corrected chi connectivity index (χ2v) is 10.5. The fourth-order valence-corrected chi connectivity index (χ4v) is 3.89. The lowest BCUT2D eigenvalue weighted by molar-refractivity contribution is -0.141. The summed E-state index contributed by atoms with van der Waals surface area (Å²) in [6.07, 6.45) is -0.816. The number of rotatable bonds is 13. The zero-order chi connectivity index (χ0) is 31.6. The molecule has 43 heavy (non-hydrogen) atoms. The Morgan fingerprint density at radius 2 is 1.65 bits per heavy atom. The van der Waals surface area contributed by atoms with E-state index >= 15 is 0 Å². The van der Waals surface area contributed by atoms with E-state index in [1.165, 1.54) is 7.11 Å². The fourth-order valence-electron chi connectivity index (χ4n) is 3.89. The highest BCUT2D eigenvalue weighted by molar-refractivity contribution is 5.95. The Balaban J connectivity index is 1.86. The van der Waals surface area contributed by atoms with Crippen LogP contribution in [0.4, 0.5) is 10.5 Å². The molecule has 3 aromatic carbocycles. The summed E-state index contributed by atoms with van der Waals surface area (Å²) >= 11 is 0. The van der Waals surface area contributed by atoms with Crippen LogP contribution in [0.5, 0.6) is 11.5 Å². The molecule has 0 aliphatic rings. The van der Waals surface area contributed by atoms with Crippen molar-refractivity contribution in [3.8, 4) is 11.5 Å². The number of benzene rings is 3. The molecule has 3 rings (SSSR count). The number of aliphatic carboxylic acids is 1. The van der Waals surface area contributed by atoms with Crippen molar-refractivity contribution in [2.45, 2.75) is 45.1 Å². The summed E-state index contributed by atoms with van der Waals surface area (Å²) in [7, 11) is 1.47. The van der Waals surface area contributed by atoms with E-state index in [1.54, 1.807) is 63.2 Å². The number of carboxylic acid groups (broad SMARTS) is 1. The number of amidine groups is 1. The lowest BCUT2D eigenvalue weighted by atomic mass is 10.0. The topological polar surface area (TPSA) is 185 Å². The zero-order valence-corrected chi connectivity index (χ0v) is 24.5. The number of carboxylic acids is 1. The highest BCUT2D eigenvalue weighted by Crippen LogP contribution is 2.32. The van der Waals surface area contributed by atoms with Crippen molar-refractivity contribution in [2.24, 2.45) is 5.73 Å². The number of anilines is 1. The van der Waals surface area contributed by atoms with Gasteiger partial charge in [-0.3, -0.25) is 10.2 Å². The van der Waals surface area contributed by atoms with Crippen molar-refractivity contribution >= 4 is 29.5 Å². The first-order valence-corrected chi connectivity index (χ1v) is 13.4. The molecule has 12 nitrogen and oxygen atoms in total. The minimum Gasteiger partial charge on any atom is -0.493 e. The minimum absolute atomic E-state index is 0.113. The molecule has 2 atom stereocenters. The van der Waals surface area contributed by atoms with Crippen LogP contribution in [0.25, 0.3) is 0 Å². The van der Waals surface area contributed by atoms with Gasteiger partial charge in [-0.1, -0.05) is 36.4 Å². The molecule has 0 aliphatic carbocycles. The van der Waals surface area contributed by atoms with Crippen LogP contribution in [-0.2, 0) is 20.9 Å². The number of ether oxygens (including phenoxy) is 3. The molecular formula is C31H37N5O7. The Hall–Kier alpha value is -5.26. The molecule has 228 valence electrons. The van der Waals surface area contributed by atoms with E-state index < -0.39 is 42.2 Å². The third kappa shape index (κ3) is 9.95. The van der Waals surface area contributed by atoms with Gasteiger partial charge in [0.25, 0.3) is 0 Å². The van der Waals surface area contributed by atoms with E-state index in [4.69, 9.17) is 25.4 Å². The van der Waals surface area contributed by atoms with Gasteiger partial charge in [-0.2, -0.15) is 0 Å². The smallest absolute Gasteiger partial charge is 0.407 e. The number of amides is 2. The second kappa shape index (κ2) is 14.6. The van der Waals surface area contributed by atoms with Gasteiger partial charge in [0.2, 0.25) is 5.91 Å². The normalized spacial score (nSPS) is 12.3. The van der Waals surface area contributed by atoms with Gasteiger partial charge in [0.1, 0.15) is 30.1 Å². The molecule has 0 saturated heterocycles. The van der Waals surface area contributed by atoms with Crippen molar-refractivity contribution in [3.05, 3.63) is 89.5 Å². The molecule has 0 radical (unpaired) electrons. The Labute approximate surface area is 250 Å². The van der Waals surface area contributed by atoms with E-state index in [0.29, 0.717) is 34.9 Å². The molecule has 0 aliphatic heterocycles. The van der Waals surface area contributed by atoms with E-state index in [2.05, 4.69) is 16.0 Å². The molecule has 0 heterocycles. The predicted octanol–water partition coefficient (Wildman–Crippen LogP) is 3.81. The third-order valence-corrected chi connectivity index (χ3v) is 5.99. The SMILES string of the molecule is COc1cc([C@H](Nc2ccc(C(=N)N)cc2)C(=O)N[C@@H](CNC(=O)OC(C)(C)C)C(=O)O)ccc1OCc1ccccc1. The molecule has 3 aromatic rings. The zero-order valence-electron chi connectivity index (χ0n) is 24.5. The Kier molecular flexibility index (Phi) is 10.9. The number of alkyl carbamates (subject to hydrolysis) is 1. The lowest BCUT2D eigenvalue weighted by Gasteiger charge is -2.24. The molecule has 12 heteroatoms. The molecule has 0 spiro atoms. The number of carbonyl (C=O) groups is 3. The summed E-state index contributed by atoms with van der Waals surface area (Å²) in [4.78, 5) is 37.7. The highest BCUT2D eigenvalue weighted by Gasteiger charge is 2.28. The van der Waals surface area contributed by atoms with Crippen molar-refractivity contribution in [2.75, 3.05) is 19.0 Å². The van der Waals surface area contributed by atoms with Gasteiger partial charge >= 0.3 is 12.1 Å². The van der Waals surface area contributed by atoms with E-state index in [1.807, 2.05) is 30.3 Å². The first kappa shape index (κ1) is 32.3. The standard InChI is InChI=1S/C31H37N5O7/c1-31(2,3)43-30(40)34-17-23(29(38)39)36-28(37)26(35-22-13-10-20(11-14-22)27(32)33)21-12-15-24(25(16-21)41-4)42-18-19-8-6-5-7-9-19/h5-16,23,26,35H,17-18H2,1-4H3,(H3,32,33)(H,34,40)(H,36,37)(H,38,39)/t23-,26-/m0/s1. The van der Waals surface area contributed by atoms with Crippen LogP contribution < -0.4 is 31.2 Å². The average molecular weight is 592 g/mol. The van der Waals surface area contributed by atoms with Crippen molar-refractivity contribution in [1.82, 2.24) is 10.6 Å². The molecule has 0 fully saturated rings. The Bertz CT molecular complexity index is 1420. The van der Waals surface area contributed by atoms with Gasteiger partial charge in [0.15, 0.2) is 11.5 Å². The number of methoxy groups -OCH3 is 1. The van der Waals surface area contributed by atoms with E-state index in [9.17, 15) is 19.5 Å². The fraction of sp³-hybridized carbons (Fsp3) is 0.290. The summed E-state index contributed by atoms with van der Waals surface area (Å²) in [5.74, 6) is -1.34. The Morgan fingerprint density at radius 1 is 0.977 bits per heavy atom. The van der Waals surface area contributed by atoms with Gasteiger partial charge in [-0.05, 0) is 68.3 Å². The maximum atomic E-state index is 13.6. The first-order chi connectivity index (χ1) is 20.4. The van der Waals surface area contributed by atoms with Crippen LogP contribution in [0.15, 0.2) is 72.8 Å². The summed E-state index contributed by atoms with van der Waals surface area (Å²) in [5.41, 5.74) is 7.18. The largest absolute Gasteiger partial charge is 0.493 e. The van der Waals surface area contributed by atoms with Gasteiger partial charge in [-0.15, -0.1) is 0 Å². The lowest BCUT2D eigenvalue weighted by Crippen LogP contribution is -2.51. The van der Waals surface area contributed by atoms with Gasteiger partial charge in [-0.25, -0.2) is 9.59 Å². The van der Waals surface area contributed by atoms with Crippen molar-refractivity contribution in [1.29, 1.82) is 5.41 Å². The summed E-state index contributed by atoms with van der Waals surface area (Å²) in [5, 5.41) is 25.3. The molecule has 0 unspecified atom stereocenters. The Morgan fingerprint density at radius 3 is 2.23 bits per heavy atom. The first-order valence-electron chi connectivity index (χ1n) is 13.4. The van der Waals surface area contributed by atoms with Crippen LogP contribution in [-0.4, -0.2) is 54.2 Å². The molecule has 0 saturated carbocycles. The van der Waals surface area contributed by atoms with Gasteiger partial charge in [0.05, 0.1) is 13.7 Å². The van der Waals surface area contributed by atoms with Crippen LogP contribution in [0, 0.1) is 5.41 Å². The molecule has 2 amide bonds. The minimum atomic E-state index is -1.46.